The quantitative estimate of drug-likeness (QED) is 0.714. The molecule has 26 heavy (non-hydrogen) atoms. The maximum atomic E-state index is 4.44. The number of hydrogen-bond donors (Lipinski definition) is 2. The van der Waals surface area contributed by atoms with Gasteiger partial charge < -0.3 is 5.32 Å². The van der Waals surface area contributed by atoms with Crippen LogP contribution in [0.1, 0.15) is 24.1 Å². The van der Waals surface area contributed by atoms with Crippen LogP contribution in [-0.2, 0) is 6.54 Å². The van der Waals surface area contributed by atoms with E-state index in [0.29, 0.717) is 0 Å². The molecule has 0 amide bonds. The van der Waals surface area contributed by atoms with E-state index in [4.69, 9.17) is 0 Å². The summed E-state index contributed by atoms with van der Waals surface area (Å²) in [7, 11) is 0. The molecule has 0 bridgehead atoms. The number of aromatic amines is 1. The summed E-state index contributed by atoms with van der Waals surface area (Å²) in [4.78, 5) is 11.0. The number of likely N-dealkylation sites (tertiary alicyclic amines) is 1. The van der Waals surface area contributed by atoms with E-state index < -0.39 is 0 Å². The largest absolute Gasteiger partial charge is 0.353 e. The molecule has 0 saturated carbocycles. The van der Waals surface area contributed by atoms with Crippen molar-refractivity contribution in [3.63, 3.8) is 0 Å². The molecule has 0 unspecified atom stereocenters. The summed E-state index contributed by atoms with van der Waals surface area (Å²) in [5, 5.41) is 10.5. The zero-order valence-corrected chi connectivity index (χ0v) is 14.7. The molecule has 0 radical (unpaired) electrons. The molecule has 4 rings (SSSR count). The molecule has 0 atom stereocenters. The first kappa shape index (κ1) is 16.5. The predicted octanol–water partition coefficient (Wildman–Crippen LogP) is 3.55. The smallest absolute Gasteiger partial charge is 0.0885 e. The Bertz CT molecular complexity index is 880. The lowest BCUT2D eigenvalue weighted by Crippen LogP contribution is -2.18. The van der Waals surface area contributed by atoms with Gasteiger partial charge in [0.15, 0.2) is 0 Å². The van der Waals surface area contributed by atoms with Crippen LogP contribution < -0.4 is 5.32 Å². The molecule has 4 heterocycles. The fraction of sp³-hybridized carbons (Fsp3) is 0.250. The van der Waals surface area contributed by atoms with Crippen LogP contribution in [0.5, 0.6) is 0 Å². The summed E-state index contributed by atoms with van der Waals surface area (Å²) in [6.07, 6.45) is 11.7. The van der Waals surface area contributed by atoms with Crippen LogP contribution in [-0.4, -0.2) is 38.2 Å². The zero-order valence-electron chi connectivity index (χ0n) is 14.7. The van der Waals surface area contributed by atoms with Crippen molar-refractivity contribution in [2.75, 3.05) is 18.4 Å². The third kappa shape index (κ3) is 3.65. The lowest BCUT2D eigenvalue weighted by Gasteiger charge is -2.15. The Morgan fingerprint density at radius 1 is 1.15 bits per heavy atom. The summed E-state index contributed by atoms with van der Waals surface area (Å²) in [5.41, 5.74) is 5.74. The fourth-order valence-corrected chi connectivity index (χ4v) is 3.33. The van der Waals surface area contributed by atoms with E-state index in [2.05, 4.69) is 43.0 Å². The first-order valence-electron chi connectivity index (χ1n) is 8.86. The lowest BCUT2D eigenvalue weighted by atomic mass is 10.1. The first-order valence-corrected chi connectivity index (χ1v) is 8.86. The lowest BCUT2D eigenvalue weighted by molar-refractivity contribution is 0.331. The molecule has 1 aliphatic rings. The van der Waals surface area contributed by atoms with Gasteiger partial charge in [0.05, 0.1) is 29.5 Å². The maximum Gasteiger partial charge on any atom is 0.0885 e. The Hall–Kier alpha value is -2.99. The van der Waals surface area contributed by atoms with Crippen molar-refractivity contribution in [1.29, 1.82) is 0 Å². The predicted molar refractivity (Wildman–Crippen MR) is 103 cm³/mol. The number of aromatic nitrogens is 4. The number of anilines is 1. The van der Waals surface area contributed by atoms with Crippen LogP contribution in [0.4, 0.5) is 5.69 Å². The molecule has 1 fully saturated rings. The van der Waals surface area contributed by atoms with Gasteiger partial charge in [0.2, 0.25) is 0 Å². The molecular formula is C20H22N6. The van der Waals surface area contributed by atoms with Gasteiger partial charge in [-0.2, -0.15) is 5.10 Å². The second-order valence-electron chi connectivity index (χ2n) is 6.57. The molecule has 2 N–H and O–H groups in total. The Morgan fingerprint density at radius 2 is 2.04 bits per heavy atom. The topological polar surface area (TPSA) is 69.7 Å². The van der Waals surface area contributed by atoms with Crippen molar-refractivity contribution in [3.05, 3.63) is 67.0 Å². The van der Waals surface area contributed by atoms with Gasteiger partial charge >= 0.3 is 0 Å². The third-order valence-corrected chi connectivity index (χ3v) is 4.61. The Morgan fingerprint density at radius 3 is 2.85 bits per heavy atom. The van der Waals surface area contributed by atoms with E-state index >= 15 is 0 Å². The molecule has 3 aromatic rings. The molecule has 0 aromatic carbocycles. The van der Waals surface area contributed by atoms with Crippen molar-refractivity contribution in [3.8, 4) is 11.1 Å². The highest BCUT2D eigenvalue weighted by Gasteiger charge is 2.15. The van der Waals surface area contributed by atoms with Crippen LogP contribution >= 0.6 is 0 Å². The van der Waals surface area contributed by atoms with E-state index in [1.54, 1.807) is 12.4 Å². The van der Waals surface area contributed by atoms with Crippen LogP contribution in [0.2, 0.25) is 0 Å². The van der Waals surface area contributed by atoms with E-state index in [9.17, 15) is 0 Å². The zero-order chi connectivity index (χ0) is 17.8. The minimum atomic E-state index is 0.746. The highest BCUT2D eigenvalue weighted by atomic mass is 15.1. The SMILES string of the molecule is C=C(Nc1cccnc1)c1[nH]ncc1-c1cncc(CN2CCCC2)c1. The van der Waals surface area contributed by atoms with Crippen LogP contribution in [0.25, 0.3) is 16.8 Å². The minimum absolute atomic E-state index is 0.746. The highest BCUT2D eigenvalue weighted by Crippen LogP contribution is 2.27. The standard InChI is InChI=1S/C20H22N6/c1-15(24-18-5-4-6-21-12-18)20-19(13-23-25-20)17-9-16(10-22-11-17)14-26-7-2-3-8-26/h4-6,9-13,24H,1-3,7-8,14H2,(H,23,25). The van der Waals surface area contributed by atoms with E-state index in [1.165, 1.54) is 31.5 Å². The van der Waals surface area contributed by atoms with Gasteiger partial charge in [0.25, 0.3) is 0 Å². The van der Waals surface area contributed by atoms with Crippen LogP contribution in [0.15, 0.2) is 55.8 Å². The molecule has 0 aliphatic carbocycles. The van der Waals surface area contributed by atoms with Gasteiger partial charge in [-0.25, -0.2) is 0 Å². The Balaban J connectivity index is 1.55. The fourth-order valence-electron chi connectivity index (χ4n) is 3.33. The van der Waals surface area contributed by atoms with E-state index in [1.807, 2.05) is 30.7 Å². The number of rotatable bonds is 6. The molecule has 1 saturated heterocycles. The number of nitrogens with one attached hydrogen (secondary N) is 2. The van der Waals surface area contributed by atoms with E-state index in [-0.39, 0.29) is 0 Å². The Kier molecular flexibility index (Phi) is 4.75. The molecule has 0 spiro atoms. The third-order valence-electron chi connectivity index (χ3n) is 4.61. The number of hydrogen-bond acceptors (Lipinski definition) is 5. The van der Waals surface area contributed by atoms with Crippen molar-refractivity contribution in [2.24, 2.45) is 0 Å². The Labute approximate surface area is 153 Å². The summed E-state index contributed by atoms with van der Waals surface area (Å²) >= 11 is 0. The van der Waals surface area contributed by atoms with Crippen molar-refractivity contribution in [1.82, 2.24) is 25.1 Å². The molecule has 6 nitrogen and oxygen atoms in total. The number of pyridine rings is 2. The van der Waals surface area contributed by atoms with Gasteiger partial charge in [-0.15, -0.1) is 0 Å². The summed E-state index contributed by atoms with van der Waals surface area (Å²) in [6.45, 7) is 7.44. The van der Waals surface area contributed by atoms with Crippen molar-refractivity contribution < 1.29 is 0 Å². The van der Waals surface area contributed by atoms with Crippen molar-refractivity contribution >= 4 is 11.4 Å². The monoisotopic (exact) mass is 346 g/mol. The van der Waals surface area contributed by atoms with E-state index in [0.717, 1.165) is 34.8 Å². The number of nitrogens with zero attached hydrogens (tertiary/aromatic N) is 4. The van der Waals surface area contributed by atoms with Crippen LogP contribution in [0, 0.1) is 0 Å². The molecule has 132 valence electrons. The molecular weight excluding hydrogens is 324 g/mol. The molecule has 3 aromatic heterocycles. The minimum Gasteiger partial charge on any atom is -0.353 e. The van der Waals surface area contributed by atoms with Gasteiger partial charge in [-0.1, -0.05) is 6.58 Å². The number of H-pyrrole nitrogens is 1. The van der Waals surface area contributed by atoms with Crippen molar-refractivity contribution in [2.45, 2.75) is 19.4 Å². The van der Waals surface area contributed by atoms with Crippen LogP contribution in [0.3, 0.4) is 0 Å². The summed E-state index contributed by atoms with van der Waals surface area (Å²) in [5.74, 6) is 0. The van der Waals surface area contributed by atoms with Gasteiger partial charge in [-0.05, 0) is 49.7 Å². The first-order chi connectivity index (χ1) is 12.8. The molecule has 1 aliphatic heterocycles. The van der Waals surface area contributed by atoms with Gasteiger partial charge in [0.1, 0.15) is 0 Å². The average molecular weight is 346 g/mol. The van der Waals surface area contributed by atoms with Gasteiger partial charge in [-0.3, -0.25) is 20.0 Å². The summed E-state index contributed by atoms with van der Waals surface area (Å²) < 4.78 is 0. The normalized spacial score (nSPS) is 14.5. The van der Waals surface area contributed by atoms with Gasteiger partial charge in [0, 0.05) is 36.3 Å². The molecule has 6 heteroatoms. The maximum absolute atomic E-state index is 4.44. The second-order valence-corrected chi connectivity index (χ2v) is 6.57. The summed E-state index contributed by atoms with van der Waals surface area (Å²) in [6, 6.07) is 6.03. The second kappa shape index (κ2) is 7.49. The highest BCUT2D eigenvalue weighted by molar-refractivity contribution is 5.82. The average Bonchev–Trinajstić information content (AvgIpc) is 3.34.